The zero-order chi connectivity index (χ0) is 39.9. The highest BCUT2D eigenvalue weighted by Gasteiger charge is 2.27. The van der Waals surface area contributed by atoms with Gasteiger partial charge in [-0.15, -0.1) is 0 Å². The molecule has 3 aromatic heterocycles. The number of ether oxygens (including phenoxy) is 2. The van der Waals surface area contributed by atoms with E-state index in [-0.39, 0.29) is 24.9 Å². The molecule has 8 heteroatoms. The molecule has 0 spiro atoms. The molecule has 8 nitrogen and oxygen atoms in total. The number of fused-ring (bicyclic) bond motifs is 3. The number of hydrogen-bond acceptors (Lipinski definition) is 4. The van der Waals surface area contributed by atoms with E-state index in [0.29, 0.717) is 12.2 Å². The standard InChI is InChI=1S/C30H30N2O2.C19H19NO3/c1-4-20-10-8-13-22-25(16-31-29(20)22)28(24-12-6-7-15-27(24)34-18-19(3)33)26-17-32-30-21(5-2)11-9-14-23(26)30;1-2-13-7-5-8-16-15(11-20-19(13)16)10-14-6-3-4-9-17(14)23-12-18(21)22/h6-17,28,31-32H,4-5,18H2,1-3H3;3-9,11,20H,2,10,12H2,1H3,(H,21,22). The molecule has 57 heavy (non-hydrogen) atoms. The molecule has 0 saturated heterocycles. The number of aryl methyl sites for hydroxylation is 3. The maximum absolute atomic E-state index is 11.7. The van der Waals surface area contributed by atoms with E-state index in [9.17, 15) is 9.59 Å². The first-order valence-corrected chi connectivity index (χ1v) is 19.7. The Kier molecular flexibility index (Phi) is 11.9. The van der Waals surface area contributed by atoms with Gasteiger partial charge in [0.25, 0.3) is 0 Å². The summed E-state index contributed by atoms with van der Waals surface area (Å²) in [4.78, 5) is 32.9. The van der Waals surface area contributed by atoms with Gasteiger partial charge in [-0.2, -0.15) is 0 Å². The minimum atomic E-state index is -0.973. The number of carboxylic acids is 1. The molecule has 0 amide bonds. The summed E-state index contributed by atoms with van der Waals surface area (Å²) in [7, 11) is 0. The third-order valence-electron chi connectivity index (χ3n) is 10.7. The molecular weight excluding hydrogens is 711 g/mol. The number of carbonyl (C=O) groups excluding carboxylic acids is 1. The van der Waals surface area contributed by atoms with Gasteiger partial charge in [-0.05, 0) is 77.3 Å². The van der Waals surface area contributed by atoms with E-state index in [1.807, 2.05) is 48.7 Å². The van der Waals surface area contributed by atoms with Crippen LogP contribution in [-0.2, 0) is 35.3 Å². The van der Waals surface area contributed by atoms with Crippen molar-refractivity contribution in [1.29, 1.82) is 0 Å². The predicted molar refractivity (Wildman–Crippen MR) is 229 cm³/mol. The molecule has 0 radical (unpaired) electrons. The van der Waals surface area contributed by atoms with E-state index in [1.165, 1.54) is 66.1 Å². The molecule has 0 saturated carbocycles. The van der Waals surface area contributed by atoms with Crippen molar-refractivity contribution in [2.24, 2.45) is 0 Å². The van der Waals surface area contributed by atoms with Crippen LogP contribution in [0.15, 0.2) is 122 Å². The number of aliphatic carboxylic acids is 1. The molecule has 0 unspecified atom stereocenters. The van der Waals surface area contributed by atoms with Crippen LogP contribution in [0.4, 0.5) is 0 Å². The number of rotatable bonds is 14. The van der Waals surface area contributed by atoms with E-state index in [1.54, 1.807) is 6.92 Å². The average molecular weight is 760 g/mol. The third kappa shape index (κ3) is 8.21. The number of ketones is 1. The van der Waals surface area contributed by atoms with Gasteiger partial charge in [-0.3, -0.25) is 4.79 Å². The van der Waals surface area contributed by atoms with Gasteiger partial charge in [0.05, 0.1) is 0 Å². The monoisotopic (exact) mass is 759 g/mol. The number of carboxylic acid groups (broad SMARTS) is 1. The molecule has 0 aliphatic carbocycles. The van der Waals surface area contributed by atoms with Crippen molar-refractivity contribution in [2.45, 2.75) is 59.3 Å². The highest BCUT2D eigenvalue weighted by molar-refractivity contribution is 5.92. The molecule has 0 aliphatic rings. The molecule has 0 aliphatic heterocycles. The fourth-order valence-corrected chi connectivity index (χ4v) is 7.93. The molecule has 5 aromatic carbocycles. The summed E-state index contributed by atoms with van der Waals surface area (Å²) in [5.74, 6) is 0.329. The first-order chi connectivity index (χ1) is 27.8. The number of aromatic amines is 3. The second-order valence-electron chi connectivity index (χ2n) is 14.3. The number of hydrogen-bond donors (Lipinski definition) is 4. The van der Waals surface area contributed by atoms with E-state index >= 15 is 0 Å². The Morgan fingerprint density at radius 1 is 0.526 bits per heavy atom. The lowest BCUT2D eigenvalue weighted by atomic mass is 9.83. The van der Waals surface area contributed by atoms with Crippen LogP contribution in [0.5, 0.6) is 11.5 Å². The van der Waals surface area contributed by atoms with Crippen molar-refractivity contribution in [3.63, 3.8) is 0 Å². The van der Waals surface area contributed by atoms with Gasteiger partial charge in [-0.25, -0.2) is 4.79 Å². The lowest BCUT2D eigenvalue weighted by molar-refractivity contribution is -0.139. The number of carbonyl (C=O) groups is 2. The van der Waals surface area contributed by atoms with Crippen LogP contribution in [0.3, 0.4) is 0 Å². The number of para-hydroxylation sites is 5. The molecule has 0 fully saturated rings. The van der Waals surface area contributed by atoms with Crippen LogP contribution in [0.25, 0.3) is 32.7 Å². The van der Waals surface area contributed by atoms with Gasteiger partial charge < -0.3 is 29.5 Å². The molecule has 0 bridgehead atoms. The zero-order valence-corrected chi connectivity index (χ0v) is 32.9. The lowest BCUT2D eigenvalue weighted by Crippen LogP contribution is -2.10. The Labute approximate surface area is 332 Å². The minimum Gasteiger partial charge on any atom is -0.486 e. The van der Waals surface area contributed by atoms with Crippen LogP contribution in [0.1, 0.15) is 78.1 Å². The van der Waals surface area contributed by atoms with Crippen LogP contribution in [0.2, 0.25) is 0 Å². The third-order valence-corrected chi connectivity index (χ3v) is 10.7. The van der Waals surface area contributed by atoms with Gasteiger partial charge in [0, 0.05) is 69.2 Å². The first-order valence-electron chi connectivity index (χ1n) is 19.7. The summed E-state index contributed by atoms with van der Waals surface area (Å²) >= 11 is 0. The summed E-state index contributed by atoms with van der Waals surface area (Å²) < 4.78 is 11.4. The Hall–Kier alpha value is -6.54. The summed E-state index contributed by atoms with van der Waals surface area (Å²) in [5.41, 5.74) is 13.1. The van der Waals surface area contributed by atoms with E-state index in [2.05, 4.69) is 109 Å². The molecule has 290 valence electrons. The van der Waals surface area contributed by atoms with Crippen molar-refractivity contribution in [1.82, 2.24) is 15.0 Å². The van der Waals surface area contributed by atoms with Gasteiger partial charge in [0.2, 0.25) is 0 Å². The highest BCUT2D eigenvalue weighted by atomic mass is 16.5. The Balaban J connectivity index is 0.000000188. The van der Waals surface area contributed by atoms with E-state index in [4.69, 9.17) is 14.6 Å². The smallest absolute Gasteiger partial charge is 0.341 e. The number of H-pyrrole nitrogens is 3. The quantitative estimate of drug-likeness (QED) is 0.0880. The maximum atomic E-state index is 11.7. The highest BCUT2D eigenvalue weighted by Crippen LogP contribution is 2.43. The van der Waals surface area contributed by atoms with Crippen LogP contribution < -0.4 is 9.47 Å². The number of Topliss-reactive ketones (excluding diaryl/α,β-unsaturated/α-hetero) is 1. The number of aromatic nitrogens is 3. The summed E-state index contributed by atoms with van der Waals surface area (Å²) in [6.45, 7) is 7.80. The van der Waals surface area contributed by atoms with Gasteiger partial charge in [-0.1, -0.05) is 112 Å². The first kappa shape index (κ1) is 38.7. The van der Waals surface area contributed by atoms with Crippen molar-refractivity contribution < 1.29 is 24.2 Å². The summed E-state index contributed by atoms with van der Waals surface area (Å²) in [6.07, 6.45) is 9.91. The molecule has 3 heterocycles. The Morgan fingerprint density at radius 3 is 1.56 bits per heavy atom. The van der Waals surface area contributed by atoms with Crippen molar-refractivity contribution >= 4 is 44.5 Å². The van der Waals surface area contributed by atoms with Crippen molar-refractivity contribution in [3.05, 3.63) is 166 Å². The largest absolute Gasteiger partial charge is 0.486 e. The molecular formula is C49H49N3O5. The van der Waals surface area contributed by atoms with Gasteiger partial charge in [0.15, 0.2) is 12.4 Å². The van der Waals surface area contributed by atoms with E-state index < -0.39 is 5.97 Å². The minimum absolute atomic E-state index is 0.00529. The Morgan fingerprint density at radius 2 is 1.00 bits per heavy atom. The molecule has 8 aromatic rings. The second kappa shape index (κ2) is 17.5. The number of benzene rings is 5. The van der Waals surface area contributed by atoms with Crippen LogP contribution in [0, 0.1) is 0 Å². The normalized spacial score (nSPS) is 11.2. The van der Waals surface area contributed by atoms with Crippen LogP contribution in [-0.4, -0.2) is 45.0 Å². The van der Waals surface area contributed by atoms with Crippen LogP contribution >= 0.6 is 0 Å². The summed E-state index contributed by atoms with van der Waals surface area (Å²) in [6, 6.07) is 35.0. The van der Waals surface area contributed by atoms with E-state index in [0.717, 1.165) is 36.1 Å². The fraction of sp³-hybridized carbons (Fsp3) is 0.224. The lowest BCUT2D eigenvalue weighted by Gasteiger charge is -2.21. The number of nitrogens with one attached hydrogen (secondary N) is 3. The van der Waals surface area contributed by atoms with Gasteiger partial charge >= 0.3 is 5.97 Å². The molecule has 0 atom stereocenters. The second-order valence-corrected chi connectivity index (χ2v) is 14.3. The maximum Gasteiger partial charge on any atom is 0.341 e. The topological polar surface area (TPSA) is 120 Å². The predicted octanol–water partition coefficient (Wildman–Crippen LogP) is 10.7. The summed E-state index contributed by atoms with van der Waals surface area (Å²) in [5, 5.41) is 12.4. The molecule has 8 rings (SSSR count). The van der Waals surface area contributed by atoms with Gasteiger partial charge in [0.1, 0.15) is 18.1 Å². The fourth-order valence-electron chi connectivity index (χ4n) is 7.93. The molecule has 4 N–H and O–H groups in total. The average Bonchev–Trinajstić information content (AvgIpc) is 3.98. The SMILES string of the molecule is CCc1cccc2c(C(c3ccccc3OCC(C)=O)c3c[nH]c4c(CC)cccc34)c[nH]c12.CCc1cccc2c(Cc3ccccc3OCC(=O)O)c[nH]c12. The van der Waals surface area contributed by atoms with Crippen molar-refractivity contribution in [3.8, 4) is 11.5 Å². The zero-order valence-electron chi connectivity index (χ0n) is 32.9. The van der Waals surface area contributed by atoms with Crippen molar-refractivity contribution in [2.75, 3.05) is 13.2 Å². The Bertz CT molecular complexity index is 2580.